The molecule has 0 unspecified atom stereocenters. The Morgan fingerprint density at radius 3 is 2.25 bits per heavy atom. The molecule has 2 aromatic heterocycles. The summed E-state index contributed by atoms with van der Waals surface area (Å²) in [6, 6.07) is 2.93. The molecule has 146 valence electrons. The number of sulfonamides is 1. The molecule has 10 heteroatoms. The Morgan fingerprint density at radius 2 is 1.75 bits per heavy atom. The summed E-state index contributed by atoms with van der Waals surface area (Å²) in [6.07, 6.45) is 3.26. The van der Waals surface area contributed by atoms with Crippen LogP contribution in [0.1, 0.15) is 22.6 Å². The van der Waals surface area contributed by atoms with Gasteiger partial charge in [-0.3, -0.25) is 9.40 Å². The first-order chi connectivity index (χ1) is 13.1. The van der Waals surface area contributed by atoms with Gasteiger partial charge in [-0.25, -0.2) is 13.4 Å². The van der Waals surface area contributed by atoms with Crippen molar-refractivity contribution in [1.82, 2.24) is 19.3 Å². The molecule has 0 aliphatic heterocycles. The third-order valence-electron chi connectivity index (χ3n) is 4.16. The number of imidazole rings is 1. The quantitative estimate of drug-likeness (QED) is 0.637. The molecule has 0 atom stereocenters. The zero-order valence-corrected chi connectivity index (χ0v) is 17.9. The molecule has 0 amide bonds. The number of hydrogen-bond acceptors (Lipinski definition) is 4. The SMILES string of the molecule is Cc1nn(C)c(C)c1NS(=O)(=O)c1c(Cl)cc(C#Cc2cncn2C)cc1Cl. The number of hydrogen-bond donors (Lipinski definition) is 1. The van der Waals surface area contributed by atoms with E-state index >= 15 is 0 Å². The molecule has 3 rings (SSSR count). The number of aromatic nitrogens is 4. The highest BCUT2D eigenvalue weighted by atomic mass is 35.5. The van der Waals surface area contributed by atoms with Gasteiger partial charge in [-0.1, -0.05) is 29.1 Å². The molecular weight excluding hydrogens is 421 g/mol. The third-order valence-corrected chi connectivity index (χ3v) is 6.43. The monoisotopic (exact) mass is 437 g/mol. The van der Waals surface area contributed by atoms with E-state index in [2.05, 4.69) is 26.6 Å². The van der Waals surface area contributed by atoms with E-state index < -0.39 is 10.0 Å². The van der Waals surface area contributed by atoms with Crippen molar-refractivity contribution in [3.63, 3.8) is 0 Å². The maximum absolute atomic E-state index is 12.9. The molecule has 0 fully saturated rings. The third kappa shape index (κ3) is 3.87. The molecule has 2 heterocycles. The summed E-state index contributed by atoms with van der Waals surface area (Å²) < 4.78 is 31.7. The van der Waals surface area contributed by atoms with Crippen molar-refractivity contribution >= 4 is 38.9 Å². The van der Waals surface area contributed by atoms with Gasteiger partial charge < -0.3 is 4.57 Å². The lowest BCUT2D eigenvalue weighted by atomic mass is 10.2. The summed E-state index contributed by atoms with van der Waals surface area (Å²) in [6.45, 7) is 3.48. The van der Waals surface area contributed by atoms with Crippen molar-refractivity contribution in [3.05, 3.63) is 57.3 Å². The van der Waals surface area contributed by atoms with Gasteiger partial charge >= 0.3 is 0 Å². The summed E-state index contributed by atoms with van der Waals surface area (Å²) in [7, 11) is -0.465. The van der Waals surface area contributed by atoms with Crippen LogP contribution in [0.5, 0.6) is 0 Å². The molecule has 7 nitrogen and oxygen atoms in total. The summed E-state index contributed by atoms with van der Waals surface area (Å²) in [5.41, 5.74) is 2.81. The molecule has 0 bridgehead atoms. The molecule has 1 aromatic carbocycles. The lowest BCUT2D eigenvalue weighted by Gasteiger charge is -2.12. The highest BCUT2D eigenvalue weighted by Crippen LogP contribution is 2.33. The maximum Gasteiger partial charge on any atom is 0.264 e. The first kappa shape index (κ1) is 20.3. The van der Waals surface area contributed by atoms with Crippen LogP contribution in [0, 0.1) is 25.7 Å². The number of anilines is 1. The summed E-state index contributed by atoms with van der Waals surface area (Å²) >= 11 is 12.5. The van der Waals surface area contributed by atoms with Crippen LogP contribution in [0.4, 0.5) is 5.69 Å². The van der Waals surface area contributed by atoms with Crippen molar-refractivity contribution in [2.45, 2.75) is 18.7 Å². The van der Waals surface area contributed by atoms with Crippen molar-refractivity contribution in [2.75, 3.05) is 4.72 Å². The second-order valence-electron chi connectivity index (χ2n) is 6.18. The largest absolute Gasteiger partial charge is 0.327 e. The minimum Gasteiger partial charge on any atom is -0.327 e. The fourth-order valence-corrected chi connectivity index (χ4v) is 5.00. The van der Waals surface area contributed by atoms with E-state index in [1.54, 1.807) is 42.7 Å². The van der Waals surface area contributed by atoms with E-state index in [0.29, 0.717) is 28.3 Å². The molecular formula is C18H17Cl2N5O2S. The topological polar surface area (TPSA) is 81.8 Å². The predicted molar refractivity (Wildman–Crippen MR) is 109 cm³/mol. The average molecular weight is 438 g/mol. The zero-order chi connectivity index (χ0) is 20.6. The molecule has 3 aromatic rings. The van der Waals surface area contributed by atoms with Crippen molar-refractivity contribution in [1.29, 1.82) is 0 Å². The van der Waals surface area contributed by atoms with Gasteiger partial charge in [0.1, 0.15) is 10.6 Å². The van der Waals surface area contributed by atoms with Crippen molar-refractivity contribution in [2.24, 2.45) is 14.1 Å². The molecule has 0 aliphatic carbocycles. The Kier molecular flexibility index (Phi) is 5.44. The number of benzene rings is 1. The van der Waals surface area contributed by atoms with Gasteiger partial charge in [0.2, 0.25) is 0 Å². The van der Waals surface area contributed by atoms with Crippen LogP contribution in [0.3, 0.4) is 0 Å². The molecule has 0 radical (unpaired) electrons. The Morgan fingerprint density at radius 1 is 1.11 bits per heavy atom. The van der Waals surface area contributed by atoms with Crippen LogP contribution in [0.25, 0.3) is 0 Å². The van der Waals surface area contributed by atoms with E-state index in [1.807, 2.05) is 7.05 Å². The van der Waals surface area contributed by atoms with Crippen LogP contribution in [-0.2, 0) is 24.1 Å². The lowest BCUT2D eigenvalue weighted by molar-refractivity contribution is 0.601. The van der Waals surface area contributed by atoms with Crippen LogP contribution >= 0.6 is 23.2 Å². The first-order valence-electron chi connectivity index (χ1n) is 8.10. The second kappa shape index (κ2) is 7.51. The molecule has 0 aliphatic rings. The Labute approximate surface area is 173 Å². The maximum atomic E-state index is 12.9. The summed E-state index contributed by atoms with van der Waals surface area (Å²) in [5.74, 6) is 5.85. The molecule has 1 N–H and O–H groups in total. The van der Waals surface area contributed by atoms with E-state index in [0.717, 1.165) is 0 Å². The molecule has 0 spiro atoms. The average Bonchev–Trinajstić information content (AvgIpc) is 3.10. The number of nitrogens with one attached hydrogen (secondary N) is 1. The molecule has 0 saturated heterocycles. The van der Waals surface area contributed by atoms with Crippen molar-refractivity contribution < 1.29 is 8.42 Å². The Hall–Kier alpha value is -2.47. The minimum absolute atomic E-state index is 0.0199. The number of halogens is 2. The van der Waals surface area contributed by atoms with Crippen LogP contribution in [0.2, 0.25) is 10.0 Å². The summed E-state index contributed by atoms with van der Waals surface area (Å²) in [5, 5.41) is 4.16. The fraction of sp³-hybridized carbons (Fsp3) is 0.222. The zero-order valence-electron chi connectivity index (χ0n) is 15.6. The van der Waals surface area contributed by atoms with Gasteiger partial charge in [0, 0.05) is 19.7 Å². The molecule has 0 saturated carbocycles. The van der Waals surface area contributed by atoms with E-state index in [1.165, 1.54) is 12.1 Å². The van der Waals surface area contributed by atoms with Gasteiger partial charge in [0.05, 0.1) is 39.6 Å². The first-order valence-corrected chi connectivity index (χ1v) is 10.3. The van der Waals surface area contributed by atoms with Gasteiger partial charge in [-0.15, -0.1) is 0 Å². The smallest absolute Gasteiger partial charge is 0.264 e. The van der Waals surface area contributed by atoms with Gasteiger partial charge in [0.25, 0.3) is 10.0 Å². The predicted octanol–water partition coefficient (Wildman–Crippen LogP) is 3.28. The van der Waals surface area contributed by atoms with Crippen molar-refractivity contribution in [3.8, 4) is 11.8 Å². The van der Waals surface area contributed by atoms with Crippen LogP contribution in [0.15, 0.2) is 29.6 Å². The number of rotatable bonds is 3. The van der Waals surface area contributed by atoms with Crippen LogP contribution < -0.4 is 4.72 Å². The van der Waals surface area contributed by atoms with Gasteiger partial charge in [-0.05, 0) is 31.9 Å². The Bertz CT molecular complexity index is 1210. The Balaban J connectivity index is 1.98. The number of aryl methyl sites for hydroxylation is 3. The fourth-order valence-electron chi connectivity index (χ4n) is 2.61. The second-order valence-corrected chi connectivity index (χ2v) is 8.62. The van der Waals surface area contributed by atoms with E-state index in [-0.39, 0.29) is 14.9 Å². The highest BCUT2D eigenvalue weighted by Gasteiger charge is 2.25. The molecule has 28 heavy (non-hydrogen) atoms. The van der Waals surface area contributed by atoms with Gasteiger partial charge in [0.15, 0.2) is 0 Å². The van der Waals surface area contributed by atoms with Crippen LogP contribution in [-0.4, -0.2) is 27.7 Å². The van der Waals surface area contributed by atoms with E-state index in [9.17, 15) is 8.42 Å². The van der Waals surface area contributed by atoms with E-state index in [4.69, 9.17) is 23.2 Å². The number of nitrogens with zero attached hydrogens (tertiary/aromatic N) is 4. The highest BCUT2D eigenvalue weighted by molar-refractivity contribution is 7.93. The standard InChI is InChI=1S/C18H17Cl2N5O2S/c1-11-17(12(2)25(4)22-11)23-28(26,27)18-15(19)7-13(8-16(18)20)5-6-14-9-21-10-24(14)3/h7-10,23H,1-4H3. The minimum atomic E-state index is -4.02. The van der Waals surface area contributed by atoms with Gasteiger partial charge in [-0.2, -0.15) is 5.10 Å². The lowest BCUT2D eigenvalue weighted by Crippen LogP contribution is -2.15. The summed E-state index contributed by atoms with van der Waals surface area (Å²) in [4.78, 5) is 3.78. The normalized spacial score (nSPS) is 11.2.